The van der Waals surface area contributed by atoms with E-state index in [1.807, 2.05) is 0 Å². The molecule has 4 saturated carbocycles. The number of carbonyl (C=O) groups excluding carboxylic acids is 1. The van der Waals surface area contributed by atoms with E-state index in [4.69, 9.17) is 9.47 Å². The summed E-state index contributed by atoms with van der Waals surface area (Å²) in [5.41, 5.74) is 2.63. The highest BCUT2D eigenvalue weighted by atomic mass is 16.5. The number of nitrogens with one attached hydrogen (secondary N) is 1. The maximum absolute atomic E-state index is 13.3. The highest BCUT2D eigenvalue weighted by molar-refractivity contribution is 5.82. The molecule has 0 spiro atoms. The van der Waals surface area contributed by atoms with Crippen LogP contribution in [0.4, 0.5) is 0 Å². The van der Waals surface area contributed by atoms with Gasteiger partial charge in [0.2, 0.25) is 5.91 Å². The third kappa shape index (κ3) is 3.41. The van der Waals surface area contributed by atoms with Crippen LogP contribution < -0.4 is 14.8 Å². The molecule has 29 heavy (non-hydrogen) atoms. The Morgan fingerprint density at radius 2 is 1.59 bits per heavy atom. The lowest BCUT2D eigenvalue weighted by Crippen LogP contribution is -2.62. The van der Waals surface area contributed by atoms with Crippen molar-refractivity contribution in [3.8, 4) is 11.5 Å². The molecular formula is C24H34N2O3. The number of nitrogens with zero attached hydrogens (tertiary/aromatic N) is 1. The van der Waals surface area contributed by atoms with Gasteiger partial charge in [0.15, 0.2) is 11.5 Å². The summed E-state index contributed by atoms with van der Waals surface area (Å²) in [6.45, 7) is 3.75. The molecule has 0 aromatic heterocycles. The number of methoxy groups -OCH3 is 2. The molecule has 6 rings (SSSR count). The van der Waals surface area contributed by atoms with Gasteiger partial charge in [0.05, 0.1) is 20.3 Å². The average molecular weight is 399 g/mol. The molecule has 5 nitrogen and oxygen atoms in total. The van der Waals surface area contributed by atoms with Crippen molar-refractivity contribution in [3.05, 3.63) is 23.3 Å². The molecule has 4 bridgehead atoms. The van der Waals surface area contributed by atoms with Crippen LogP contribution in [0.5, 0.6) is 11.5 Å². The van der Waals surface area contributed by atoms with Crippen LogP contribution in [-0.2, 0) is 17.8 Å². The minimum absolute atomic E-state index is 0.0877. The van der Waals surface area contributed by atoms with Crippen molar-refractivity contribution in [2.24, 2.45) is 17.8 Å². The van der Waals surface area contributed by atoms with Gasteiger partial charge >= 0.3 is 0 Å². The minimum Gasteiger partial charge on any atom is -0.493 e. The first kappa shape index (κ1) is 19.2. The fourth-order valence-electron chi connectivity index (χ4n) is 7.03. The Labute approximate surface area is 174 Å². The number of benzene rings is 1. The summed E-state index contributed by atoms with van der Waals surface area (Å²) in [6, 6.07) is 4.06. The third-order valence-corrected chi connectivity index (χ3v) is 8.10. The molecule has 1 aromatic rings. The van der Waals surface area contributed by atoms with Gasteiger partial charge in [-0.25, -0.2) is 0 Å². The number of fused-ring (bicyclic) bond motifs is 1. The van der Waals surface area contributed by atoms with Crippen LogP contribution in [0.2, 0.25) is 0 Å². The molecule has 4 fully saturated rings. The van der Waals surface area contributed by atoms with E-state index in [2.05, 4.69) is 29.3 Å². The summed E-state index contributed by atoms with van der Waals surface area (Å²) in [6.07, 6.45) is 8.76. The van der Waals surface area contributed by atoms with E-state index in [1.54, 1.807) is 14.2 Å². The van der Waals surface area contributed by atoms with E-state index < -0.39 is 0 Å². The maximum Gasteiger partial charge on any atom is 0.237 e. The standard InChI is InChI=1S/C24H34N2O3/c1-15(23(27)25-24-11-16-6-17(12-24)8-18(7-16)13-24)26-5-4-19-9-21(28-2)22(29-3)10-20(19)14-26/h9-10,15-18H,4-8,11-14H2,1-3H3,(H,25,27)/t15-,16?,17?,18?,24?/m1/s1. The first-order valence-electron chi connectivity index (χ1n) is 11.3. The summed E-state index contributed by atoms with van der Waals surface area (Å²) >= 11 is 0. The van der Waals surface area contributed by atoms with Crippen molar-refractivity contribution in [3.63, 3.8) is 0 Å². The average Bonchev–Trinajstić information content (AvgIpc) is 2.70. The van der Waals surface area contributed by atoms with Gasteiger partial charge in [-0.1, -0.05) is 0 Å². The van der Waals surface area contributed by atoms with E-state index >= 15 is 0 Å². The Hall–Kier alpha value is -1.75. The summed E-state index contributed by atoms with van der Waals surface area (Å²) in [5, 5.41) is 3.56. The molecular weight excluding hydrogens is 364 g/mol. The van der Waals surface area contributed by atoms with Gasteiger partial charge in [-0.05, 0) is 92.9 Å². The monoisotopic (exact) mass is 398 g/mol. The van der Waals surface area contributed by atoms with Gasteiger partial charge in [0.1, 0.15) is 0 Å². The minimum atomic E-state index is -0.107. The zero-order valence-corrected chi connectivity index (χ0v) is 18.0. The predicted molar refractivity (Wildman–Crippen MR) is 112 cm³/mol. The molecule has 1 heterocycles. The summed E-state index contributed by atoms with van der Waals surface area (Å²) in [4.78, 5) is 15.6. The van der Waals surface area contributed by atoms with E-state index in [9.17, 15) is 4.79 Å². The van der Waals surface area contributed by atoms with Gasteiger partial charge in [-0.15, -0.1) is 0 Å². The summed E-state index contributed by atoms with van der Waals surface area (Å²) in [7, 11) is 3.35. The fourth-order valence-corrected chi connectivity index (χ4v) is 7.03. The SMILES string of the molecule is COc1cc2c(cc1OC)CN([C@H](C)C(=O)NC13CC4CC(CC(C4)C1)C3)CC2. The van der Waals surface area contributed by atoms with Crippen LogP contribution >= 0.6 is 0 Å². The molecule has 1 atom stereocenters. The second kappa shape index (κ2) is 7.19. The number of amides is 1. The lowest BCUT2D eigenvalue weighted by molar-refractivity contribution is -0.132. The summed E-state index contributed by atoms with van der Waals surface area (Å²) in [5.74, 6) is 4.31. The van der Waals surface area contributed by atoms with Crippen LogP contribution in [0, 0.1) is 17.8 Å². The Balaban J connectivity index is 1.28. The number of rotatable bonds is 5. The zero-order valence-electron chi connectivity index (χ0n) is 18.0. The van der Waals surface area contributed by atoms with Crippen molar-refractivity contribution >= 4 is 5.91 Å². The molecule has 158 valence electrons. The molecule has 1 amide bonds. The fraction of sp³-hybridized carbons (Fsp3) is 0.708. The molecule has 1 aliphatic heterocycles. The third-order valence-electron chi connectivity index (χ3n) is 8.10. The zero-order chi connectivity index (χ0) is 20.2. The molecule has 5 aliphatic rings. The van der Waals surface area contributed by atoms with Crippen molar-refractivity contribution in [1.82, 2.24) is 10.2 Å². The van der Waals surface area contributed by atoms with Crippen LogP contribution in [0.3, 0.4) is 0 Å². The Kier molecular flexibility index (Phi) is 4.77. The predicted octanol–water partition coefficient (Wildman–Crippen LogP) is 3.54. The Morgan fingerprint density at radius 1 is 1.03 bits per heavy atom. The smallest absolute Gasteiger partial charge is 0.237 e. The van der Waals surface area contributed by atoms with Crippen LogP contribution in [0.25, 0.3) is 0 Å². The van der Waals surface area contributed by atoms with Gasteiger partial charge in [0, 0.05) is 18.6 Å². The molecule has 0 radical (unpaired) electrons. The topological polar surface area (TPSA) is 50.8 Å². The van der Waals surface area contributed by atoms with Crippen LogP contribution in [-0.4, -0.2) is 43.2 Å². The van der Waals surface area contributed by atoms with Crippen molar-refractivity contribution in [2.45, 2.75) is 70.0 Å². The number of hydrogen-bond acceptors (Lipinski definition) is 4. The lowest BCUT2D eigenvalue weighted by atomic mass is 9.53. The largest absolute Gasteiger partial charge is 0.493 e. The normalized spacial score (nSPS) is 33.8. The van der Waals surface area contributed by atoms with Crippen LogP contribution in [0.15, 0.2) is 12.1 Å². The summed E-state index contributed by atoms with van der Waals surface area (Å²) < 4.78 is 10.9. The van der Waals surface area contributed by atoms with E-state index in [-0.39, 0.29) is 17.5 Å². The molecule has 4 aliphatic carbocycles. The molecule has 1 aromatic carbocycles. The van der Waals surface area contributed by atoms with Gasteiger partial charge in [0.25, 0.3) is 0 Å². The first-order valence-corrected chi connectivity index (χ1v) is 11.3. The number of hydrogen-bond donors (Lipinski definition) is 1. The molecule has 1 N–H and O–H groups in total. The highest BCUT2D eigenvalue weighted by Gasteiger charge is 2.51. The Morgan fingerprint density at radius 3 is 2.14 bits per heavy atom. The quantitative estimate of drug-likeness (QED) is 0.824. The highest BCUT2D eigenvalue weighted by Crippen LogP contribution is 2.55. The van der Waals surface area contributed by atoms with Crippen molar-refractivity contribution in [2.75, 3.05) is 20.8 Å². The van der Waals surface area contributed by atoms with Gasteiger partial charge in [-0.3, -0.25) is 9.69 Å². The van der Waals surface area contributed by atoms with Crippen LogP contribution in [0.1, 0.15) is 56.6 Å². The first-order chi connectivity index (χ1) is 14.0. The molecule has 0 unspecified atom stereocenters. The van der Waals surface area contributed by atoms with Crippen molar-refractivity contribution in [1.29, 1.82) is 0 Å². The maximum atomic E-state index is 13.3. The van der Waals surface area contributed by atoms with Gasteiger partial charge < -0.3 is 14.8 Å². The number of carbonyl (C=O) groups is 1. The lowest BCUT2D eigenvalue weighted by Gasteiger charge is -2.57. The van der Waals surface area contributed by atoms with Gasteiger partial charge in [-0.2, -0.15) is 0 Å². The molecule has 0 saturated heterocycles. The van der Waals surface area contributed by atoms with E-state index in [0.717, 1.165) is 48.8 Å². The number of ether oxygens (including phenoxy) is 2. The van der Waals surface area contributed by atoms with Crippen molar-refractivity contribution < 1.29 is 14.3 Å². The Bertz CT molecular complexity index is 770. The van der Waals surface area contributed by atoms with E-state index in [1.165, 1.54) is 49.7 Å². The second-order valence-electron chi connectivity index (χ2n) is 10.1. The molecule has 5 heteroatoms. The second-order valence-corrected chi connectivity index (χ2v) is 10.1. The van der Waals surface area contributed by atoms with E-state index in [0.29, 0.717) is 0 Å².